The van der Waals surface area contributed by atoms with Crippen LogP contribution in [0.15, 0.2) is 211 Å². The summed E-state index contributed by atoms with van der Waals surface area (Å²) in [6.07, 6.45) is 0. The zero-order chi connectivity index (χ0) is 36.8. The Morgan fingerprint density at radius 2 is 0.929 bits per heavy atom. The monoisotopic (exact) mass is 710 g/mol. The van der Waals surface area contributed by atoms with Crippen molar-refractivity contribution in [2.45, 2.75) is 5.41 Å². The van der Waals surface area contributed by atoms with E-state index in [2.05, 4.69) is 206 Å². The molecule has 1 aliphatic rings. The van der Waals surface area contributed by atoms with Crippen LogP contribution in [0.25, 0.3) is 87.6 Å². The zero-order valence-corrected chi connectivity index (χ0v) is 30.5. The van der Waals surface area contributed by atoms with Crippen molar-refractivity contribution >= 4 is 54.3 Å². The van der Waals surface area contributed by atoms with Crippen LogP contribution in [-0.2, 0) is 5.41 Å². The van der Waals surface area contributed by atoms with Crippen LogP contribution < -0.4 is 0 Å². The second kappa shape index (κ2) is 11.9. The first-order chi connectivity index (χ1) is 27.8. The van der Waals surface area contributed by atoms with E-state index in [0.717, 1.165) is 32.9 Å². The van der Waals surface area contributed by atoms with Gasteiger partial charge in [-0.2, -0.15) is 0 Å². The molecule has 1 aromatic heterocycles. The van der Waals surface area contributed by atoms with Crippen molar-refractivity contribution in [2.24, 2.45) is 0 Å². The number of rotatable bonds is 4. The third kappa shape index (κ3) is 4.26. The van der Waals surface area contributed by atoms with Gasteiger partial charge >= 0.3 is 0 Å². The normalized spacial score (nSPS) is 13.1. The molecule has 56 heavy (non-hydrogen) atoms. The minimum absolute atomic E-state index is 0.605. The lowest BCUT2D eigenvalue weighted by atomic mass is 9.66. The molecule has 0 spiro atoms. The summed E-state index contributed by atoms with van der Waals surface area (Å²) in [6.45, 7) is 0. The van der Waals surface area contributed by atoms with Gasteiger partial charge in [0.1, 0.15) is 11.2 Å². The summed E-state index contributed by atoms with van der Waals surface area (Å²) in [6, 6.07) is 76.0. The Hall–Kier alpha value is -7.22. The predicted molar refractivity (Wildman–Crippen MR) is 234 cm³/mol. The van der Waals surface area contributed by atoms with Gasteiger partial charge in [0, 0.05) is 16.2 Å². The van der Waals surface area contributed by atoms with E-state index in [9.17, 15) is 0 Å². The fourth-order valence-electron chi connectivity index (χ4n) is 10.0. The average molecular weight is 711 g/mol. The molecule has 260 valence electrons. The topological polar surface area (TPSA) is 13.1 Å². The SMILES string of the molecule is c1ccc(C2(c3ccccc3)c3cc(-c4cccc5oc6c7ccccc7ccc6c45)cc(-c4cccc5ccccc45)c3-c3ccc4ccccc4c32)cc1. The minimum Gasteiger partial charge on any atom is -0.455 e. The molecule has 1 heterocycles. The van der Waals surface area contributed by atoms with Crippen molar-refractivity contribution in [3.05, 3.63) is 229 Å². The summed E-state index contributed by atoms with van der Waals surface area (Å²) in [5.41, 5.74) is 13.7. The third-order valence-corrected chi connectivity index (χ3v) is 12.3. The fourth-order valence-corrected chi connectivity index (χ4v) is 10.0. The van der Waals surface area contributed by atoms with E-state index >= 15 is 0 Å². The molecule has 11 aromatic rings. The maximum absolute atomic E-state index is 6.77. The molecule has 0 saturated heterocycles. The van der Waals surface area contributed by atoms with Crippen molar-refractivity contribution in [1.29, 1.82) is 0 Å². The van der Waals surface area contributed by atoms with E-state index in [4.69, 9.17) is 4.42 Å². The van der Waals surface area contributed by atoms with Crippen LogP contribution in [0.2, 0.25) is 0 Å². The van der Waals surface area contributed by atoms with Crippen LogP contribution in [0.5, 0.6) is 0 Å². The Balaban J connectivity index is 1.29. The molecule has 0 radical (unpaired) electrons. The molecule has 0 aliphatic heterocycles. The molecule has 0 bridgehead atoms. The quantitative estimate of drug-likeness (QED) is 0.177. The van der Waals surface area contributed by atoms with Crippen LogP contribution in [0.4, 0.5) is 0 Å². The Morgan fingerprint density at radius 3 is 1.68 bits per heavy atom. The number of hydrogen-bond acceptors (Lipinski definition) is 1. The number of benzene rings is 10. The van der Waals surface area contributed by atoms with Crippen LogP contribution in [0.3, 0.4) is 0 Å². The van der Waals surface area contributed by atoms with Gasteiger partial charge in [0.25, 0.3) is 0 Å². The van der Waals surface area contributed by atoms with E-state index in [1.54, 1.807) is 0 Å². The zero-order valence-electron chi connectivity index (χ0n) is 30.5. The highest BCUT2D eigenvalue weighted by atomic mass is 16.3. The van der Waals surface area contributed by atoms with Crippen molar-refractivity contribution in [1.82, 2.24) is 0 Å². The lowest BCUT2D eigenvalue weighted by molar-refractivity contribution is 0.673. The van der Waals surface area contributed by atoms with Gasteiger partial charge in [0.05, 0.1) is 5.41 Å². The molecule has 1 nitrogen and oxygen atoms in total. The van der Waals surface area contributed by atoms with Crippen LogP contribution >= 0.6 is 0 Å². The first-order valence-electron chi connectivity index (χ1n) is 19.4. The predicted octanol–water partition coefficient (Wildman–Crippen LogP) is 14.7. The minimum atomic E-state index is -0.605. The highest BCUT2D eigenvalue weighted by Crippen LogP contribution is 2.61. The summed E-state index contributed by atoms with van der Waals surface area (Å²) in [5, 5.41) is 9.57. The third-order valence-electron chi connectivity index (χ3n) is 12.3. The molecular formula is C55H34O. The highest BCUT2D eigenvalue weighted by Gasteiger charge is 2.48. The molecule has 0 unspecified atom stereocenters. The van der Waals surface area contributed by atoms with Crippen molar-refractivity contribution in [3.63, 3.8) is 0 Å². The molecule has 0 fully saturated rings. The molecule has 0 atom stereocenters. The first-order valence-corrected chi connectivity index (χ1v) is 19.4. The Kier molecular flexibility index (Phi) is 6.62. The number of furan rings is 1. The summed E-state index contributed by atoms with van der Waals surface area (Å²) in [5.74, 6) is 0. The van der Waals surface area contributed by atoms with Gasteiger partial charge in [-0.15, -0.1) is 0 Å². The number of fused-ring (bicyclic) bond motifs is 11. The van der Waals surface area contributed by atoms with Crippen LogP contribution in [0, 0.1) is 0 Å². The van der Waals surface area contributed by atoms with E-state index in [-0.39, 0.29) is 0 Å². The maximum Gasteiger partial charge on any atom is 0.143 e. The summed E-state index contributed by atoms with van der Waals surface area (Å²) < 4.78 is 6.77. The van der Waals surface area contributed by atoms with Crippen molar-refractivity contribution in [3.8, 4) is 33.4 Å². The standard InChI is InChI=1S/C55H34O/c1-3-19-39(20-4-1)55(40-21-5-2-6-22-40)49-34-38(42-26-14-28-50-52(42)47-32-30-37-17-9-12-25-44(37)54(47)56-50)33-48(45-27-13-18-35-15-7-10-23-41(35)45)51(49)46-31-29-36-16-8-11-24-43(36)53(46)55/h1-34H. The van der Waals surface area contributed by atoms with E-state index in [0.29, 0.717) is 0 Å². The highest BCUT2D eigenvalue weighted by molar-refractivity contribution is 6.19. The van der Waals surface area contributed by atoms with Crippen molar-refractivity contribution in [2.75, 3.05) is 0 Å². The van der Waals surface area contributed by atoms with Crippen LogP contribution in [0.1, 0.15) is 22.3 Å². The molecule has 10 aromatic carbocycles. The van der Waals surface area contributed by atoms with Gasteiger partial charge < -0.3 is 4.42 Å². The molecule has 1 aliphatic carbocycles. The summed E-state index contributed by atoms with van der Waals surface area (Å²) in [7, 11) is 0. The van der Waals surface area contributed by atoms with Crippen LogP contribution in [-0.4, -0.2) is 0 Å². The lowest BCUT2D eigenvalue weighted by Gasteiger charge is -2.35. The fraction of sp³-hybridized carbons (Fsp3) is 0.0182. The second-order valence-electron chi connectivity index (χ2n) is 15.1. The first kappa shape index (κ1) is 31.2. The van der Waals surface area contributed by atoms with Crippen molar-refractivity contribution < 1.29 is 4.42 Å². The lowest BCUT2D eigenvalue weighted by Crippen LogP contribution is -2.29. The largest absolute Gasteiger partial charge is 0.455 e. The second-order valence-corrected chi connectivity index (χ2v) is 15.1. The molecule has 0 saturated carbocycles. The smallest absolute Gasteiger partial charge is 0.143 e. The van der Waals surface area contributed by atoms with Gasteiger partial charge in [-0.3, -0.25) is 0 Å². The van der Waals surface area contributed by atoms with E-state index in [1.165, 1.54) is 77.0 Å². The molecule has 12 rings (SSSR count). The summed E-state index contributed by atoms with van der Waals surface area (Å²) in [4.78, 5) is 0. The maximum atomic E-state index is 6.77. The molecule has 0 amide bonds. The molecular weight excluding hydrogens is 677 g/mol. The Bertz CT molecular complexity index is 3310. The van der Waals surface area contributed by atoms with Gasteiger partial charge in [-0.25, -0.2) is 0 Å². The van der Waals surface area contributed by atoms with E-state index < -0.39 is 5.41 Å². The summed E-state index contributed by atoms with van der Waals surface area (Å²) >= 11 is 0. The average Bonchev–Trinajstić information content (AvgIpc) is 3.81. The van der Waals surface area contributed by atoms with Gasteiger partial charge in [0.15, 0.2) is 0 Å². The molecule has 0 N–H and O–H groups in total. The van der Waals surface area contributed by atoms with E-state index in [1.807, 2.05) is 0 Å². The van der Waals surface area contributed by atoms with Gasteiger partial charge in [-0.05, 0) is 107 Å². The Labute approximate surface area is 324 Å². The van der Waals surface area contributed by atoms with Gasteiger partial charge in [-0.1, -0.05) is 182 Å². The van der Waals surface area contributed by atoms with Gasteiger partial charge in [0.2, 0.25) is 0 Å². The molecule has 1 heteroatoms. The Morgan fingerprint density at radius 1 is 0.357 bits per heavy atom. The number of hydrogen-bond donors (Lipinski definition) is 0.